The van der Waals surface area contributed by atoms with Crippen LogP contribution in [0.4, 0.5) is 5.69 Å². The van der Waals surface area contributed by atoms with E-state index in [2.05, 4.69) is 10.0 Å². The van der Waals surface area contributed by atoms with Gasteiger partial charge in [0.15, 0.2) is 0 Å². The number of azide groups is 1. The molecule has 19 heavy (non-hydrogen) atoms. The van der Waals surface area contributed by atoms with Gasteiger partial charge in [0.05, 0.1) is 23.7 Å². The van der Waals surface area contributed by atoms with E-state index in [0.717, 1.165) is 0 Å². The van der Waals surface area contributed by atoms with E-state index >= 15 is 0 Å². The van der Waals surface area contributed by atoms with Crippen molar-refractivity contribution in [1.82, 2.24) is 0 Å². The van der Waals surface area contributed by atoms with Crippen molar-refractivity contribution in [1.29, 1.82) is 0 Å². The number of benzene rings is 1. The Morgan fingerprint density at radius 3 is 2.89 bits per heavy atom. The maximum absolute atomic E-state index is 10.7. The highest BCUT2D eigenvalue weighted by atomic mass is 16.6. The lowest BCUT2D eigenvalue weighted by Crippen LogP contribution is -2.00. The zero-order chi connectivity index (χ0) is 14.1. The average molecular weight is 266 g/mol. The number of nitro groups is 1. The minimum absolute atomic E-state index is 0.127. The number of aliphatic hydroxyl groups is 1. The van der Waals surface area contributed by atoms with Gasteiger partial charge in [-0.15, -0.1) is 0 Å². The SMILES string of the molecule is [N-]=[N+]=NCCCCOc1ccc([N+](=O)[O-])c(CO)c1. The fourth-order valence-electron chi connectivity index (χ4n) is 1.48. The summed E-state index contributed by atoms with van der Waals surface area (Å²) in [6.07, 6.45) is 1.42. The molecular weight excluding hydrogens is 252 g/mol. The predicted octanol–water partition coefficient (Wildman–Crippen LogP) is 2.56. The number of nitro benzene ring substituents is 1. The zero-order valence-electron chi connectivity index (χ0n) is 10.2. The van der Waals surface area contributed by atoms with Gasteiger partial charge in [0.25, 0.3) is 5.69 Å². The van der Waals surface area contributed by atoms with Gasteiger partial charge in [-0.3, -0.25) is 10.1 Å². The smallest absolute Gasteiger partial charge is 0.275 e. The van der Waals surface area contributed by atoms with Gasteiger partial charge in [-0.05, 0) is 30.5 Å². The molecular formula is C11H14N4O4. The highest BCUT2D eigenvalue weighted by Gasteiger charge is 2.13. The second-order valence-corrected chi connectivity index (χ2v) is 3.72. The highest BCUT2D eigenvalue weighted by Crippen LogP contribution is 2.24. The fourth-order valence-corrected chi connectivity index (χ4v) is 1.48. The van der Waals surface area contributed by atoms with Crippen molar-refractivity contribution in [3.05, 3.63) is 44.3 Å². The van der Waals surface area contributed by atoms with E-state index in [-0.39, 0.29) is 11.3 Å². The van der Waals surface area contributed by atoms with E-state index in [0.29, 0.717) is 31.7 Å². The minimum atomic E-state index is -0.546. The van der Waals surface area contributed by atoms with Crippen LogP contribution in [-0.2, 0) is 6.61 Å². The van der Waals surface area contributed by atoms with Crippen molar-refractivity contribution in [3.8, 4) is 5.75 Å². The molecule has 102 valence electrons. The molecule has 1 aromatic carbocycles. The standard InChI is InChI=1S/C11H14N4O4/c12-14-13-5-1-2-6-19-10-3-4-11(15(17)18)9(7-10)8-16/h3-4,7,16H,1-2,5-6,8H2. The summed E-state index contributed by atoms with van der Waals surface area (Å²) in [6, 6.07) is 4.25. The maximum atomic E-state index is 10.7. The molecule has 0 aliphatic rings. The van der Waals surface area contributed by atoms with Gasteiger partial charge in [0.1, 0.15) is 5.75 Å². The van der Waals surface area contributed by atoms with Crippen molar-refractivity contribution in [2.75, 3.05) is 13.2 Å². The summed E-state index contributed by atoms with van der Waals surface area (Å²) in [4.78, 5) is 12.8. The number of hydrogen-bond acceptors (Lipinski definition) is 5. The first-order valence-corrected chi connectivity index (χ1v) is 5.71. The van der Waals surface area contributed by atoms with Crippen LogP contribution in [0.3, 0.4) is 0 Å². The molecule has 0 bridgehead atoms. The van der Waals surface area contributed by atoms with E-state index in [9.17, 15) is 10.1 Å². The summed E-state index contributed by atoms with van der Waals surface area (Å²) in [5.41, 5.74) is 8.17. The molecule has 1 rings (SSSR count). The van der Waals surface area contributed by atoms with Gasteiger partial charge in [0.2, 0.25) is 0 Å². The Bertz CT molecular complexity index is 486. The molecule has 1 aromatic rings. The third-order valence-corrected chi connectivity index (χ3v) is 2.40. The summed E-state index contributed by atoms with van der Waals surface area (Å²) in [5.74, 6) is 0.471. The van der Waals surface area contributed by atoms with Gasteiger partial charge in [-0.25, -0.2) is 0 Å². The van der Waals surface area contributed by atoms with Crippen LogP contribution in [0.1, 0.15) is 18.4 Å². The Morgan fingerprint density at radius 1 is 1.47 bits per heavy atom. The maximum Gasteiger partial charge on any atom is 0.275 e. The molecule has 0 unspecified atom stereocenters. The second-order valence-electron chi connectivity index (χ2n) is 3.72. The molecule has 0 spiro atoms. The normalized spacial score (nSPS) is 9.74. The van der Waals surface area contributed by atoms with E-state index in [1.54, 1.807) is 0 Å². The molecule has 8 nitrogen and oxygen atoms in total. The van der Waals surface area contributed by atoms with Crippen LogP contribution in [0.2, 0.25) is 0 Å². The first-order chi connectivity index (χ1) is 9.19. The van der Waals surface area contributed by atoms with Crippen LogP contribution in [0.5, 0.6) is 5.75 Å². The van der Waals surface area contributed by atoms with Crippen LogP contribution in [0.15, 0.2) is 23.3 Å². The number of aliphatic hydroxyl groups excluding tert-OH is 1. The molecule has 0 fully saturated rings. The van der Waals surface area contributed by atoms with Gasteiger partial charge in [0, 0.05) is 17.5 Å². The van der Waals surface area contributed by atoms with Gasteiger partial charge in [-0.1, -0.05) is 5.11 Å². The third kappa shape index (κ3) is 4.82. The van der Waals surface area contributed by atoms with Gasteiger partial charge >= 0.3 is 0 Å². The molecule has 0 aromatic heterocycles. The monoisotopic (exact) mass is 266 g/mol. The van der Waals surface area contributed by atoms with Crippen molar-refractivity contribution in [3.63, 3.8) is 0 Å². The lowest BCUT2D eigenvalue weighted by atomic mass is 10.2. The van der Waals surface area contributed by atoms with Crippen molar-refractivity contribution in [2.24, 2.45) is 5.11 Å². The summed E-state index contributed by atoms with van der Waals surface area (Å²) in [7, 11) is 0. The average Bonchev–Trinajstić information content (AvgIpc) is 2.42. The van der Waals surface area contributed by atoms with Crippen molar-refractivity contribution in [2.45, 2.75) is 19.4 Å². The zero-order valence-corrected chi connectivity index (χ0v) is 10.2. The summed E-state index contributed by atoms with van der Waals surface area (Å²) < 4.78 is 5.39. The molecule has 0 saturated heterocycles. The quantitative estimate of drug-likeness (QED) is 0.194. The number of ether oxygens (including phenoxy) is 1. The molecule has 0 aliphatic heterocycles. The fraction of sp³-hybridized carbons (Fsp3) is 0.455. The van der Waals surface area contributed by atoms with Crippen molar-refractivity contribution < 1.29 is 14.8 Å². The number of hydrogen-bond donors (Lipinski definition) is 1. The third-order valence-electron chi connectivity index (χ3n) is 2.40. The molecule has 0 heterocycles. The van der Waals surface area contributed by atoms with Crippen LogP contribution < -0.4 is 4.74 Å². The Kier molecular flexibility index (Phi) is 6.14. The van der Waals surface area contributed by atoms with Crippen LogP contribution >= 0.6 is 0 Å². The molecule has 1 N–H and O–H groups in total. The summed E-state index contributed by atoms with van der Waals surface area (Å²) in [5, 5.41) is 23.1. The largest absolute Gasteiger partial charge is 0.494 e. The van der Waals surface area contributed by atoms with E-state index < -0.39 is 11.5 Å². The summed E-state index contributed by atoms with van der Waals surface area (Å²) >= 11 is 0. The molecule has 0 amide bonds. The molecule has 0 saturated carbocycles. The van der Waals surface area contributed by atoms with E-state index in [1.165, 1.54) is 18.2 Å². The Balaban J connectivity index is 2.51. The van der Waals surface area contributed by atoms with Crippen LogP contribution in [0, 0.1) is 10.1 Å². The molecule has 0 atom stereocenters. The van der Waals surface area contributed by atoms with Gasteiger partial charge in [-0.2, -0.15) is 0 Å². The number of rotatable bonds is 8. The number of nitrogens with zero attached hydrogens (tertiary/aromatic N) is 4. The molecule has 8 heteroatoms. The van der Waals surface area contributed by atoms with Crippen molar-refractivity contribution >= 4 is 5.69 Å². The molecule has 0 radical (unpaired) electrons. The topological polar surface area (TPSA) is 121 Å². The number of unbranched alkanes of at least 4 members (excludes halogenated alkanes) is 1. The first kappa shape index (κ1) is 14.7. The second kappa shape index (κ2) is 7.91. The lowest BCUT2D eigenvalue weighted by Gasteiger charge is -2.07. The minimum Gasteiger partial charge on any atom is -0.494 e. The Morgan fingerprint density at radius 2 is 2.26 bits per heavy atom. The van der Waals surface area contributed by atoms with E-state index in [4.69, 9.17) is 15.4 Å². The Labute approximate surface area is 109 Å². The van der Waals surface area contributed by atoms with Crippen LogP contribution in [-0.4, -0.2) is 23.2 Å². The van der Waals surface area contributed by atoms with Gasteiger partial charge < -0.3 is 9.84 Å². The molecule has 0 aliphatic carbocycles. The predicted molar refractivity (Wildman–Crippen MR) is 67.8 cm³/mol. The lowest BCUT2D eigenvalue weighted by molar-refractivity contribution is -0.385. The first-order valence-electron chi connectivity index (χ1n) is 5.71. The Hall–Kier alpha value is -2.31. The highest BCUT2D eigenvalue weighted by molar-refractivity contribution is 5.44. The summed E-state index contributed by atoms with van der Waals surface area (Å²) in [6.45, 7) is 0.427. The van der Waals surface area contributed by atoms with E-state index in [1.807, 2.05) is 0 Å². The van der Waals surface area contributed by atoms with Crippen LogP contribution in [0.25, 0.3) is 10.4 Å².